The molecule has 1 heterocycles. The van der Waals surface area contributed by atoms with Crippen LogP contribution in [-0.4, -0.2) is 18.4 Å². The van der Waals surface area contributed by atoms with Crippen molar-refractivity contribution in [1.82, 2.24) is 9.97 Å². The molecule has 1 aromatic heterocycles. The first-order valence-electron chi connectivity index (χ1n) is 9.36. The first-order valence-corrected chi connectivity index (χ1v) is 11.6. The number of fused-ring (bicyclic) bond motifs is 1. The number of aromatic nitrogens is 2. The zero-order valence-electron chi connectivity index (χ0n) is 16.4. The standard InChI is InChI=1S/C22H18Cl2N4O2S/c1-14-6-8-15(9-7-14)13-25-21-22(27-19-5-3-2-4-18(19)26-21)28-31(29,30)20-12-16(23)10-11-17(20)24/h2-12H,13H2,1H3,(H,25,26)(H,27,28). The summed E-state index contributed by atoms with van der Waals surface area (Å²) in [7, 11) is -4.06. The summed E-state index contributed by atoms with van der Waals surface area (Å²) < 4.78 is 28.6. The quantitative estimate of drug-likeness (QED) is 0.378. The van der Waals surface area contributed by atoms with Gasteiger partial charge in [-0.25, -0.2) is 18.4 Å². The molecule has 0 fully saturated rings. The fourth-order valence-electron chi connectivity index (χ4n) is 2.95. The number of rotatable bonds is 6. The Hall–Kier alpha value is -2.87. The highest BCUT2D eigenvalue weighted by molar-refractivity contribution is 7.92. The fourth-order valence-corrected chi connectivity index (χ4v) is 4.72. The number of para-hydroxylation sites is 2. The summed E-state index contributed by atoms with van der Waals surface area (Å²) >= 11 is 12.1. The van der Waals surface area contributed by atoms with Crippen molar-refractivity contribution in [2.24, 2.45) is 0 Å². The van der Waals surface area contributed by atoms with E-state index >= 15 is 0 Å². The molecule has 9 heteroatoms. The maximum Gasteiger partial charge on any atom is 0.264 e. The van der Waals surface area contributed by atoms with Crippen molar-refractivity contribution >= 4 is 55.9 Å². The average Bonchev–Trinajstić information content (AvgIpc) is 2.74. The number of nitrogens with zero attached hydrogens (tertiary/aromatic N) is 2. The molecule has 0 aliphatic heterocycles. The van der Waals surface area contributed by atoms with E-state index in [-0.39, 0.29) is 20.8 Å². The maximum atomic E-state index is 13.0. The molecule has 4 rings (SSSR count). The van der Waals surface area contributed by atoms with Crippen molar-refractivity contribution in [3.63, 3.8) is 0 Å². The molecule has 0 aliphatic carbocycles. The summed E-state index contributed by atoms with van der Waals surface area (Å²) in [6.45, 7) is 2.46. The van der Waals surface area contributed by atoms with Crippen molar-refractivity contribution in [3.05, 3.63) is 87.9 Å². The number of nitrogens with one attached hydrogen (secondary N) is 2. The Labute approximate surface area is 190 Å². The monoisotopic (exact) mass is 472 g/mol. The largest absolute Gasteiger partial charge is 0.363 e. The molecular formula is C22H18Cl2N4O2S. The number of halogens is 2. The summed E-state index contributed by atoms with van der Waals surface area (Å²) in [6.07, 6.45) is 0. The van der Waals surface area contributed by atoms with Crippen LogP contribution in [0.3, 0.4) is 0 Å². The molecule has 3 aromatic carbocycles. The van der Waals surface area contributed by atoms with E-state index in [1.54, 1.807) is 6.07 Å². The van der Waals surface area contributed by atoms with Crippen molar-refractivity contribution in [2.75, 3.05) is 10.0 Å². The van der Waals surface area contributed by atoms with E-state index < -0.39 is 10.0 Å². The molecule has 0 aliphatic rings. The second kappa shape index (κ2) is 8.70. The van der Waals surface area contributed by atoms with E-state index in [0.717, 1.165) is 11.1 Å². The van der Waals surface area contributed by atoms with Gasteiger partial charge in [0.2, 0.25) is 0 Å². The second-order valence-corrected chi connectivity index (χ2v) is 9.42. The molecule has 0 bridgehead atoms. The smallest absolute Gasteiger partial charge is 0.264 e. The van der Waals surface area contributed by atoms with Gasteiger partial charge in [-0.2, -0.15) is 0 Å². The van der Waals surface area contributed by atoms with Crippen molar-refractivity contribution < 1.29 is 8.42 Å². The van der Waals surface area contributed by atoms with Gasteiger partial charge in [-0.15, -0.1) is 0 Å². The van der Waals surface area contributed by atoms with E-state index in [1.807, 2.05) is 49.4 Å². The molecule has 2 N–H and O–H groups in total. The van der Waals surface area contributed by atoms with Crippen LogP contribution in [0.4, 0.5) is 11.6 Å². The van der Waals surface area contributed by atoms with Crippen LogP contribution in [0.15, 0.2) is 71.6 Å². The van der Waals surface area contributed by atoms with Gasteiger partial charge in [0.15, 0.2) is 11.6 Å². The Morgan fingerprint density at radius 1 is 0.871 bits per heavy atom. The van der Waals surface area contributed by atoms with Crippen molar-refractivity contribution in [1.29, 1.82) is 0 Å². The zero-order chi connectivity index (χ0) is 22.0. The third-order valence-electron chi connectivity index (χ3n) is 4.56. The molecule has 0 radical (unpaired) electrons. The number of hydrogen-bond donors (Lipinski definition) is 2. The number of sulfonamides is 1. The molecule has 4 aromatic rings. The molecule has 31 heavy (non-hydrogen) atoms. The maximum absolute atomic E-state index is 13.0. The van der Waals surface area contributed by atoms with Crippen LogP contribution in [0, 0.1) is 6.92 Å². The van der Waals surface area contributed by atoms with Crippen LogP contribution in [-0.2, 0) is 16.6 Å². The van der Waals surface area contributed by atoms with Gasteiger partial charge in [0, 0.05) is 11.6 Å². The van der Waals surface area contributed by atoms with E-state index in [9.17, 15) is 8.42 Å². The Balaban J connectivity index is 1.72. The third-order valence-corrected chi connectivity index (χ3v) is 6.62. The predicted molar refractivity (Wildman–Crippen MR) is 125 cm³/mol. The second-order valence-electron chi connectivity index (χ2n) is 6.93. The van der Waals surface area contributed by atoms with Crippen LogP contribution < -0.4 is 10.0 Å². The topological polar surface area (TPSA) is 84.0 Å². The first-order chi connectivity index (χ1) is 14.8. The molecule has 0 saturated heterocycles. The Kier molecular flexibility index (Phi) is 6.00. The van der Waals surface area contributed by atoms with E-state index in [2.05, 4.69) is 20.0 Å². The highest BCUT2D eigenvalue weighted by Crippen LogP contribution is 2.29. The van der Waals surface area contributed by atoms with Gasteiger partial charge in [0.25, 0.3) is 10.0 Å². The minimum Gasteiger partial charge on any atom is -0.363 e. The molecular weight excluding hydrogens is 455 g/mol. The Morgan fingerprint density at radius 2 is 1.52 bits per heavy atom. The van der Waals surface area contributed by atoms with Gasteiger partial charge in [0.1, 0.15) is 4.90 Å². The molecule has 0 unspecified atom stereocenters. The summed E-state index contributed by atoms with van der Waals surface area (Å²) in [5, 5.41) is 3.49. The van der Waals surface area contributed by atoms with Crippen LogP contribution in [0.2, 0.25) is 10.0 Å². The Bertz CT molecular complexity index is 1360. The van der Waals surface area contributed by atoms with Crippen molar-refractivity contribution in [3.8, 4) is 0 Å². The lowest BCUT2D eigenvalue weighted by molar-refractivity contribution is 0.601. The SMILES string of the molecule is Cc1ccc(CNc2nc3ccccc3nc2NS(=O)(=O)c2cc(Cl)ccc2Cl)cc1. The normalized spacial score (nSPS) is 11.5. The third kappa shape index (κ3) is 4.90. The molecule has 0 atom stereocenters. The van der Waals surface area contributed by atoms with Gasteiger partial charge < -0.3 is 5.32 Å². The summed E-state index contributed by atoms with van der Waals surface area (Å²) in [4.78, 5) is 8.90. The summed E-state index contributed by atoms with van der Waals surface area (Å²) in [5.74, 6) is 0.378. The lowest BCUT2D eigenvalue weighted by Gasteiger charge is -2.14. The van der Waals surface area contributed by atoms with Crippen molar-refractivity contribution in [2.45, 2.75) is 18.4 Å². The van der Waals surface area contributed by atoms with E-state index in [0.29, 0.717) is 23.4 Å². The number of benzene rings is 3. The molecule has 0 amide bonds. The summed E-state index contributed by atoms with van der Waals surface area (Å²) in [6, 6.07) is 19.5. The van der Waals surface area contributed by atoms with Gasteiger partial charge in [-0.3, -0.25) is 4.72 Å². The van der Waals surface area contributed by atoms with Crippen LogP contribution in [0.25, 0.3) is 11.0 Å². The predicted octanol–water partition coefficient (Wildman–Crippen LogP) is 5.66. The molecule has 158 valence electrons. The highest BCUT2D eigenvalue weighted by atomic mass is 35.5. The zero-order valence-corrected chi connectivity index (χ0v) is 18.8. The highest BCUT2D eigenvalue weighted by Gasteiger charge is 2.22. The van der Waals surface area contributed by atoms with E-state index in [4.69, 9.17) is 23.2 Å². The molecule has 0 saturated carbocycles. The lowest BCUT2D eigenvalue weighted by Crippen LogP contribution is -2.17. The number of hydrogen-bond acceptors (Lipinski definition) is 5. The van der Waals surface area contributed by atoms with Gasteiger partial charge in [-0.1, -0.05) is 65.2 Å². The summed E-state index contributed by atoms with van der Waals surface area (Å²) in [5.41, 5.74) is 3.37. The average molecular weight is 473 g/mol. The number of anilines is 2. The first kappa shape index (κ1) is 21.4. The van der Waals surface area contributed by atoms with Gasteiger partial charge in [-0.05, 0) is 42.8 Å². The van der Waals surface area contributed by atoms with Crippen LogP contribution in [0.5, 0.6) is 0 Å². The minimum absolute atomic E-state index is 0.0554. The lowest BCUT2D eigenvalue weighted by atomic mass is 10.1. The Morgan fingerprint density at radius 3 is 2.19 bits per heavy atom. The molecule has 0 spiro atoms. The van der Waals surface area contributed by atoms with Gasteiger partial charge in [0.05, 0.1) is 16.1 Å². The molecule has 6 nitrogen and oxygen atoms in total. The van der Waals surface area contributed by atoms with Crippen LogP contribution in [0.1, 0.15) is 11.1 Å². The number of aryl methyl sites for hydroxylation is 1. The fraction of sp³-hybridized carbons (Fsp3) is 0.0909. The minimum atomic E-state index is -4.06. The van der Waals surface area contributed by atoms with Crippen LogP contribution >= 0.6 is 23.2 Å². The van der Waals surface area contributed by atoms with E-state index in [1.165, 1.54) is 18.2 Å². The van der Waals surface area contributed by atoms with Gasteiger partial charge >= 0.3 is 0 Å².